The minimum atomic E-state index is 0.755. The van der Waals surface area contributed by atoms with E-state index in [2.05, 4.69) is 20.1 Å². The van der Waals surface area contributed by atoms with Crippen molar-refractivity contribution in [3.8, 4) is 0 Å². The van der Waals surface area contributed by atoms with Gasteiger partial charge >= 0.3 is 0 Å². The molecule has 1 nitrogen and oxygen atoms in total. The third-order valence-electron chi connectivity index (χ3n) is 1.81. The fourth-order valence-electron chi connectivity index (χ4n) is 1.00. The van der Waals surface area contributed by atoms with E-state index >= 15 is 0 Å². The molecule has 54 valence electrons. The van der Waals surface area contributed by atoms with Crippen LogP contribution in [0.25, 0.3) is 0 Å². The van der Waals surface area contributed by atoms with Crippen molar-refractivity contribution >= 4 is 7.85 Å². The number of hydrogen-bond acceptors (Lipinski definition) is 1. The van der Waals surface area contributed by atoms with Crippen LogP contribution >= 0.6 is 0 Å². The molecule has 1 N–H and O–H groups in total. The topological polar surface area (TPSA) is 12.0 Å². The lowest BCUT2D eigenvalue weighted by Gasteiger charge is -2.11. The molecule has 2 heteroatoms. The maximum absolute atomic E-state index is 3.29. The summed E-state index contributed by atoms with van der Waals surface area (Å²) in [5, 5.41) is 3.29. The molecule has 0 aromatic carbocycles. The predicted molar refractivity (Wildman–Crippen MR) is 45.7 cm³/mol. The molecule has 0 fully saturated rings. The Morgan fingerprint density at radius 1 is 1.56 bits per heavy atom. The van der Waals surface area contributed by atoms with E-state index in [0.717, 1.165) is 6.04 Å². The number of hydrogen-bond donors (Lipinski definition) is 1. The molecule has 0 bridgehead atoms. The van der Waals surface area contributed by atoms with Crippen LogP contribution in [0, 0.1) is 0 Å². The second-order valence-electron chi connectivity index (χ2n) is 2.54. The Balaban J connectivity index is 3.09. The molecule has 0 spiro atoms. The first kappa shape index (κ1) is 9.02. The molecule has 0 rings (SSSR count). The Morgan fingerprint density at radius 3 is 2.56 bits per heavy atom. The SMILES string of the molecule is BCC(CCCC)NC. The average molecular weight is 127 g/mol. The number of rotatable bonds is 5. The van der Waals surface area contributed by atoms with Crippen LogP contribution in [-0.4, -0.2) is 20.9 Å². The third kappa shape index (κ3) is 4.52. The molecular weight excluding hydrogens is 109 g/mol. The van der Waals surface area contributed by atoms with Gasteiger partial charge in [-0.15, -0.1) is 0 Å². The standard InChI is InChI=1S/C7H18BN/c1-3-4-5-7(6-8)9-2/h7,9H,3-6,8H2,1-2H3. The van der Waals surface area contributed by atoms with Crippen LogP contribution in [0.15, 0.2) is 0 Å². The van der Waals surface area contributed by atoms with Gasteiger partial charge in [-0.3, -0.25) is 0 Å². The fourth-order valence-corrected chi connectivity index (χ4v) is 1.00. The van der Waals surface area contributed by atoms with Gasteiger partial charge in [-0.25, -0.2) is 0 Å². The highest BCUT2D eigenvalue weighted by atomic mass is 14.9. The summed E-state index contributed by atoms with van der Waals surface area (Å²) in [4.78, 5) is 0. The summed E-state index contributed by atoms with van der Waals surface area (Å²) in [5.41, 5.74) is 0. The smallest absolute Gasteiger partial charge is 0.103 e. The van der Waals surface area contributed by atoms with Gasteiger partial charge in [0.05, 0.1) is 0 Å². The third-order valence-corrected chi connectivity index (χ3v) is 1.81. The van der Waals surface area contributed by atoms with E-state index in [1.165, 1.54) is 25.6 Å². The lowest BCUT2D eigenvalue weighted by Crippen LogP contribution is -2.24. The Morgan fingerprint density at radius 2 is 2.22 bits per heavy atom. The quantitative estimate of drug-likeness (QED) is 0.539. The van der Waals surface area contributed by atoms with Crippen LogP contribution < -0.4 is 5.32 Å². The Bertz CT molecular complexity index is 52.9. The summed E-state index contributed by atoms with van der Waals surface area (Å²) < 4.78 is 0. The van der Waals surface area contributed by atoms with E-state index in [1.807, 2.05) is 7.05 Å². The first-order chi connectivity index (χ1) is 4.35. The molecule has 0 radical (unpaired) electrons. The Kier molecular flexibility index (Phi) is 6.17. The van der Waals surface area contributed by atoms with Gasteiger partial charge in [0, 0.05) is 0 Å². The van der Waals surface area contributed by atoms with Crippen molar-refractivity contribution in [1.29, 1.82) is 0 Å². The van der Waals surface area contributed by atoms with Crippen molar-refractivity contribution in [3.05, 3.63) is 0 Å². The first-order valence-corrected chi connectivity index (χ1v) is 4.02. The van der Waals surface area contributed by atoms with Gasteiger partial charge in [-0.05, 0) is 19.5 Å². The number of unbranched alkanes of at least 4 members (excludes halogenated alkanes) is 1. The maximum atomic E-state index is 3.29. The molecule has 0 saturated carbocycles. The minimum absolute atomic E-state index is 0.755. The van der Waals surface area contributed by atoms with Gasteiger partial charge in [0.25, 0.3) is 0 Å². The van der Waals surface area contributed by atoms with Crippen molar-refractivity contribution in [2.45, 2.75) is 38.5 Å². The zero-order chi connectivity index (χ0) is 7.11. The molecule has 9 heavy (non-hydrogen) atoms. The number of nitrogens with one attached hydrogen (secondary N) is 1. The van der Waals surface area contributed by atoms with Crippen LogP contribution in [0.2, 0.25) is 6.32 Å². The highest BCUT2D eigenvalue weighted by Gasteiger charge is 1.99. The second kappa shape index (κ2) is 6.15. The van der Waals surface area contributed by atoms with E-state index in [0.29, 0.717) is 0 Å². The summed E-state index contributed by atoms with van der Waals surface area (Å²) in [6, 6.07) is 0.755. The molecule has 0 aromatic heterocycles. The normalized spacial score (nSPS) is 13.6. The lowest BCUT2D eigenvalue weighted by molar-refractivity contribution is 0.537. The van der Waals surface area contributed by atoms with E-state index in [9.17, 15) is 0 Å². The molecule has 0 aliphatic carbocycles. The van der Waals surface area contributed by atoms with E-state index in [4.69, 9.17) is 0 Å². The molecule has 0 aliphatic rings. The van der Waals surface area contributed by atoms with Crippen LogP contribution in [0.5, 0.6) is 0 Å². The molecule has 1 atom stereocenters. The van der Waals surface area contributed by atoms with Crippen molar-refractivity contribution in [2.24, 2.45) is 0 Å². The zero-order valence-electron chi connectivity index (χ0n) is 6.91. The van der Waals surface area contributed by atoms with E-state index in [1.54, 1.807) is 0 Å². The maximum Gasteiger partial charge on any atom is 0.103 e. The van der Waals surface area contributed by atoms with Gasteiger partial charge in [0.2, 0.25) is 0 Å². The summed E-state index contributed by atoms with van der Waals surface area (Å²) in [6.45, 7) is 2.24. The highest BCUT2D eigenvalue weighted by Crippen LogP contribution is 2.01. The van der Waals surface area contributed by atoms with Crippen molar-refractivity contribution in [2.75, 3.05) is 7.05 Å². The molecular formula is C7H18BN. The molecule has 0 aromatic rings. The summed E-state index contributed by atoms with van der Waals surface area (Å²) in [6.07, 6.45) is 5.28. The lowest BCUT2D eigenvalue weighted by atomic mass is 9.94. The van der Waals surface area contributed by atoms with Gasteiger partial charge in [0.1, 0.15) is 7.85 Å². The average Bonchev–Trinajstić information content (AvgIpc) is 1.91. The fraction of sp³-hybridized carbons (Fsp3) is 1.00. The molecule has 0 heterocycles. The predicted octanol–water partition coefficient (Wildman–Crippen LogP) is 0.816. The van der Waals surface area contributed by atoms with E-state index in [-0.39, 0.29) is 0 Å². The molecule has 0 saturated heterocycles. The molecule has 0 amide bonds. The monoisotopic (exact) mass is 127 g/mol. The second-order valence-corrected chi connectivity index (χ2v) is 2.54. The Hall–Kier alpha value is 0.0249. The van der Waals surface area contributed by atoms with Crippen LogP contribution in [0.1, 0.15) is 26.2 Å². The van der Waals surface area contributed by atoms with Crippen molar-refractivity contribution < 1.29 is 0 Å². The zero-order valence-corrected chi connectivity index (χ0v) is 6.91. The van der Waals surface area contributed by atoms with Crippen LogP contribution in [-0.2, 0) is 0 Å². The Labute approximate surface area is 59.6 Å². The van der Waals surface area contributed by atoms with E-state index < -0.39 is 0 Å². The van der Waals surface area contributed by atoms with Crippen molar-refractivity contribution in [1.82, 2.24) is 5.32 Å². The van der Waals surface area contributed by atoms with Crippen molar-refractivity contribution in [3.63, 3.8) is 0 Å². The highest BCUT2D eigenvalue weighted by molar-refractivity contribution is 6.08. The summed E-state index contributed by atoms with van der Waals surface area (Å²) in [7, 11) is 4.28. The largest absolute Gasteiger partial charge is 0.318 e. The van der Waals surface area contributed by atoms with Gasteiger partial charge in [-0.1, -0.05) is 26.1 Å². The molecule has 0 aliphatic heterocycles. The van der Waals surface area contributed by atoms with Crippen LogP contribution in [0.4, 0.5) is 0 Å². The first-order valence-electron chi connectivity index (χ1n) is 4.02. The van der Waals surface area contributed by atoms with Gasteiger partial charge in [0.15, 0.2) is 0 Å². The van der Waals surface area contributed by atoms with Crippen LogP contribution in [0.3, 0.4) is 0 Å². The molecule has 1 unspecified atom stereocenters. The van der Waals surface area contributed by atoms with Gasteiger partial charge < -0.3 is 5.32 Å². The summed E-state index contributed by atoms with van der Waals surface area (Å²) in [5.74, 6) is 0. The van der Waals surface area contributed by atoms with Gasteiger partial charge in [-0.2, -0.15) is 0 Å². The minimum Gasteiger partial charge on any atom is -0.318 e. The summed E-state index contributed by atoms with van der Waals surface area (Å²) >= 11 is 0.